The Morgan fingerprint density at radius 3 is 3.06 bits per heavy atom. The number of likely N-dealkylation sites (tertiary alicyclic amines) is 1. The zero-order valence-electron chi connectivity index (χ0n) is 9.43. The van der Waals surface area contributed by atoms with Gasteiger partial charge in [0.2, 0.25) is 0 Å². The summed E-state index contributed by atoms with van der Waals surface area (Å²) in [6.07, 6.45) is 1.13. The van der Waals surface area contributed by atoms with Crippen LogP contribution in [0, 0.1) is 0 Å². The normalized spacial score (nSPS) is 29.1. The third kappa shape index (κ3) is 1.81. The zero-order valence-corrected chi connectivity index (χ0v) is 9.43. The van der Waals surface area contributed by atoms with Gasteiger partial charge in [-0.15, -0.1) is 0 Å². The molecule has 2 N–H and O–H groups in total. The monoisotopic (exact) mass is 218 g/mol. The molecule has 1 saturated heterocycles. The molecule has 0 radical (unpaired) electrons. The predicted octanol–water partition coefficient (Wildman–Crippen LogP) is 1.20. The minimum Gasteiger partial charge on any atom is -0.493 e. The molecule has 2 heterocycles. The van der Waals surface area contributed by atoms with E-state index in [1.54, 1.807) is 0 Å². The Morgan fingerprint density at radius 2 is 2.25 bits per heavy atom. The van der Waals surface area contributed by atoms with Crippen LogP contribution in [0.25, 0.3) is 0 Å². The maximum absolute atomic E-state index is 5.92. The number of fused-ring (bicyclic) bond motifs is 1. The van der Waals surface area contributed by atoms with Gasteiger partial charge in [-0.3, -0.25) is 0 Å². The summed E-state index contributed by atoms with van der Waals surface area (Å²) in [5.41, 5.74) is 7.28. The van der Waals surface area contributed by atoms with Gasteiger partial charge in [0.15, 0.2) is 0 Å². The molecule has 2 atom stereocenters. The van der Waals surface area contributed by atoms with Crippen LogP contribution in [0.5, 0.6) is 5.75 Å². The third-order valence-electron chi connectivity index (χ3n) is 3.59. The molecule has 3 rings (SSSR count). The zero-order chi connectivity index (χ0) is 11.0. The Hall–Kier alpha value is -1.06. The van der Waals surface area contributed by atoms with Crippen LogP contribution in [0.4, 0.5) is 0 Å². The van der Waals surface area contributed by atoms with Gasteiger partial charge in [-0.2, -0.15) is 0 Å². The van der Waals surface area contributed by atoms with Gasteiger partial charge in [-0.05, 0) is 19.0 Å². The van der Waals surface area contributed by atoms with Crippen molar-refractivity contribution in [3.63, 3.8) is 0 Å². The standard InChI is InChI=1S/C13H18N2O/c14-11-5-6-15(8-11)7-10-9-16-13-4-2-1-3-12(10)13/h1-4,10-11H,5-9,14H2. The van der Waals surface area contributed by atoms with Gasteiger partial charge in [0.1, 0.15) is 5.75 Å². The molecule has 3 nitrogen and oxygen atoms in total. The van der Waals surface area contributed by atoms with Crippen molar-refractivity contribution in [1.82, 2.24) is 4.90 Å². The fourth-order valence-electron chi connectivity index (χ4n) is 2.72. The van der Waals surface area contributed by atoms with E-state index in [4.69, 9.17) is 10.5 Å². The molecule has 1 aromatic carbocycles. The molecule has 86 valence electrons. The van der Waals surface area contributed by atoms with Gasteiger partial charge in [-0.25, -0.2) is 0 Å². The second-order valence-corrected chi connectivity index (χ2v) is 4.85. The summed E-state index contributed by atoms with van der Waals surface area (Å²) in [6, 6.07) is 8.75. The summed E-state index contributed by atoms with van der Waals surface area (Å²) in [5, 5.41) is 0. The average Bonchev–Trinajstić information content (AvgIpc) is 2.87. The molecule has 0 amide bonds. The van der Waals surface area contributed by atoms with E-state index >= 15 is 0 Å². The Bertz CT molecular complexity index is 380. The van der Waals surface area contributed by atoms with E-state index in [1.807, 2.05) is 6.07 Å². The van der Waals surface area contributed by atoms with Crippen molar-refractivity contribution in [2.45, 2.75) is 18.4 Å². The van der Waals surface area contributed by atoms with Crippen molar-refractivity contribution in [2.75, 3.05) is 26.2 Å². The van der Waals surface area contributed by atoms with E-state index in [2.05, 4.69) is 23.1 Å². The summed E-state index contributed by atoms with van der Waals surface area (Å²) >= 11 is 0. The molecule has 1 fully saturated rings. The Kier molecular flexibility index (Phi) is 2.58. The fraction of sp³-hybridized carbons (Fsp3) is 0.538. The van der Waals surface area contributed by atoms with E-state index < -0.39 is 0 Å². The number of nitrogens with two attached hydrogens (primary N) is 1. The van der Waals surface area contributed by atoms with Crippen LogP contribution in [-0.2, 0) is 0 Å². The Labute approximate surface area is 96.2 Å². The lowest BCUT2D eigenvalue weighted by Gasteiger charge is -2.19. The molecule has 2 aliphatic heterocycles. The van der Waals surface area contributed by atoms with Gasteiger partial charge < -0.3 is 15.4 Å². The van der Waals surface area contributed by atoms with Gasteiger partial charge in [-0.1, -0.05) is 18.2 Å². The van der Waals surface area contributed by atoms with Gasteiger partial charge in [0, 0.05) is 30.6 Å². The second kappa shape index (κ2) is 4.07. The van der Waals surface area contributed by atoms with Crippen LogP contribution in [-0.4, -0.2) is 37.2 Å². The molecule has 2 unspecified atom stereocenters. The molecular formula is C13H18N2O. The molecule has 2 aliphatic rings. The van der Waals surface area contributed by atoms with Crippen molar-refractivity contribution in [1.29, 1.82) is 0 Å². The first-order valence-electron chi connectivity index (χ1n) is 6.02. The van der Waals surface area contributed by atoms with Crippen LogP contribution in [0.3, 0.4) is 0 Å². The van der Waals surface area contributed by atoms with E-state index in [0.717, 1.165) is 38.4 Å². The van der Waals surface area contributed by atoms with E-state index in [9.17, 15) is 0 Å². The number of nitrogens with zero attached hydrogens (tertiary/aromatic N) is 1. The summed E-state index contributed by atoms with van der Waals surface area (Å²) in [5.74, 6) is 1.59. The first kappa shape index (κ1) is 10.1. The van der Waals surface area contributed by atoms with Crippen molar-refractivity contribution >= 4 is 0 Å². The smallest absolute Gasteiger partial charge is 0.122 e. The minimum atomic E-state index is 0.373. The molecule has 16 heavy (non-hydrogen) atoms. The number of para-hydroxylation sites is 1. The maximum atomic E-state index is 5.92. The lowest BCUT2D eigenvalue weighted by molar-refractivity contribution is 0.266. The van der Waals surface area contributed by atoms with Crippen LogP contribution >= 0.6 is 0 Å². The lowest BCUT2D eigenvalue weighted by atomic mass is 10.0. The SMILES string of the molecule is NC1CCN(CC2COc3ccccc32)C1. The van der Waals surface area contributed by atoms with Crippen molar-refractivity contribution in [3.8, 4) is 5.75 Å². The van der Waals surface area contributed by atoms with Gasteiger partial charge in [0.05, 0.1) is 6.61 Å². The van der Waals surface area contributed by atoms with Crippen LogP contribution < -0.4 is 10.5 Å². The quantitative estimate of drug-likeness (QED) is 0.810. The fourth-order valence-corrected chi connectivity index (χ4v) is 2.72. The molecular weight excluding hydrogens is 200 g/mol. The van der Waals surface area contributed by atoms with Gasteiger partial charge >= 0.3 is 0 Å². The molecule has 0 spiro atoms. The number of ether oxygens (including phenoxy) is 1. The lowest BCUT2D eigenvalue weighted by Crippen LogP contribution is -2.30. The van der Waals surface area contributed by atoms with Crippen LogP contribution in [0.2, 0.25) is 0 Å². The Morgan fingerprint density at radius 1 is 1.38 bits per heavy atom. The van der Waals surface area contributed by atoms with Gasteiger partial charge in [0.25, 0.3) is 0 Å². The second-order valence-electron chi connectivity index (χ2n) is 4.85. The maximum Gasteiger partial charge on any atom is 0.122 e. The molecule has 0 aliphatic carbocycles. The highest BCUT2D eigenvalue weighted by Gasteiger charge is 2.28. The molecule has 0 aromatic heterocycles. The number of rotatable bonds is 2. The van der Waals surface area contributed by atoms with Crippen LogP contribution in [0.1, 0.15) is 17.9 Å². The van der Waals surface area contributed by atoms with E-state index in [1.165, 1.54) is 5.56 Å². The molecule has 0 bridgehead atoms. The molecule has 1 aromatic rings. The highest BCUT2D eigenvalue weighted by molar-refractivity contribution is 5.39. The largest absolute Gasteiger partial charge is 0.493 e. The van der Waals surface area contributed by atoms with Crippen molar-refractivity contribution in [2.24, 2.45) is 5.73 Å². The first-order valence-corrected chi connectivity index (χ1v) is 6.02. The topological polar surface area (TPSA) is 38.5 Å². The molecule has 0 saturated carbocycles. The number of hydrogen-bond donors (Lipinski definition) is 1. The summed E-state index contributed by atoms with van der Waals surface area (Å²) in [6.45, 7) is 4.09. The highest BCUT2D eigenvalue weighted by atomic mass is 16.5. The summed E-state index contributed by atoms with van der Waals surface area (Å²) in [4.78, 5) is 2.46. The third-order valence-corrected chi connectivity index (χ3v) is 3.59. The predicted molar refractivity (Wildman–Crippen MR) is 63.7 cm³/mol. The Balaban J connectivity index is 1.69. The first-order chi connectivity index (χ1) is 7.83. The number of benzene rings is 1. The van der Waals surface area contributed by atoms with Crippen molar-refractivity contribution in [3.05, 3.63) is 29.8 Å². The van der Waals surface area contributed by atoms with Crippen LogP contribution in [0.15, 0.2) is 24.3 Å². The molecule has 3 heteroatoms. The van der Waals surface area contributed by atoms with E-state index in [-0.39, 0.29) is 0 Å². The number of hydrogen-bond acceptors (Lipinski definition) is 3. The summed E-state index contributed by atoms with van der Waals surface area (Å²) in [7, 11) is 0. The minimum absolute atomic E-state index is 0.373. The van der Waals surface area contributed by atoms with Crippen molar-refractivity contribution < 1.29 is 4.74 Å². The summed E-state index contributed by atoms with van der Waals surface area (Å²) < 4.78 is 5.69. The average molecular weight is 218 g/mol. The van der Waals surface area contributed by atoms with E-state index in [0.29, 0.717) is 12.0 Å². The highest BCUT2D eigenvalue weighted by Crippen LogP contribution is 2.34.